The van der Waals surface area contributed by atoms with Gasteiger partial charge in [-0.25, -0.2) is 4.79 Å². The number of anilines is 1. The van der Waals surface area contributed by atoms with E-state index in [4.69, 9.17) is 10.1 Å². The van der Waals surface area contributed by atoms with Crippen molar-refractivity contribution in [2.75, 3.05) is 18.6 Å². The second kappa shape index (κ2) is 6.70. The number of rotatable bonds is 4. The summed E-state index contributed by atoms with van der Waals surface area (Å²) in [6.07, 6.45) is 0. The predicted molar refractivity (Wildman–Crippen MR) is 84.1 cm³/mol. The summed E-state index contributed by atoms with van der Waals surface area (Å²) < 4.78 is 4.94. The fourth-order valence-corrected chi connectivity index (χ4v) is 1.95. The highest BCUT2D eigenvalue weighted by molar-refractivity contribution is 6.07. The molecule has 0 atom stereocenters. The fraction of sp³-hybridized carbons (Fsp3) is 0.176. The van der Waals surface area contributed by atoms with Crippen molar-refractivity contribution >= 4 is 17.5 Å². The quantitative estimate of drug-likeness (QED) is 0.531. The number of para-hydroxylation sites is 1. The molecule has 0 fully saturated rings. The van der Waals surface area contributed by atoms with Crippen LogP contribution >= 0.6 is 0 Å². The molecule has 0 aliphatic carbocycles. The Kier molecular flexibility index (Phi) is 4.72. The Balaban J connectivity index is 2.15. The highest BCUT2D eigenvalue weighted by Crippen LogP contribution is 2.15. The van der Waals surface area contributed by atoms with Crippen LogP contribution in [0.1, 0.15) is 22.8 Å². The second-order valence-corrected chi connectivity index (χ2v) is 4.54. The predicted octanol–water partition coefficient (Wildman–Crippen LogP) is 3.33. The molecule has 2 aromatic rings. The van der Waals surface area contributed by atoms with Gasteiger partial charge in [0, 0.05) is 18.3 Å². The van der Waals surface area contributed by atoms with Crippen molar-refractivity contribution in [3.63, 3.8) is 0 Å². The smallest absolute Gasteiger partial charge is 0.338 e. The maximum atomic E-state index is 11.6. The van der Waals surface area contributed by atoms with Gasteiger partial charge in [0.15, 0.2) is 0 Å². The molecule has 0 aliphatic heterocycles. The minimum atomic E-state index is -0.341. The molecule has 0 aromatic heterocycles. The van der Waals surface area contributed by atoms with Gasteiger partial charge in [-0.15, -0.1) is 0 Å². The van der Waals surface area contributed by atoms with Crippen molar-refractivity contribution in [1.29, 1.82) is 5.41 Å². The summed E-state index contributed by atoms with van der Waals surface area (Å²) in [7, 11) is 1.84. The lowest BCUT2D eigenvalue weighted by atomic mass is 10.1. The van der Waals surface area contributed by atoms with Crippen molar-refractivity contribution in [3.05, 3.63) is 65.7 Å². The number of esters is 1. The van der Waals surface area contributed by atoms with E-state index in [0.29, 0.717) is 18.0 Å². The van der Waals surface area contributed by atoms with Crippen molar-refractivity contribution in [2.45, 2.75) is 6.92 Å². The zero-order valence-electron chi connectivity index (χ0n) is 12.2. The number of carbonyl (C=O) groups is 1. The van der Waals surface area contributed by atoms with E-state index >= 15 is 0 Å². The molecule has 2 aromatic carbocycles. The maximum absolute atomic E-state index is 11.6. The van der Waals surface area contributed by atoms with Crippen LogP contribution in [0.5, 0.6) is 0 Å². The van der Waals surface area contributed by atoms with E-state index in [1.807, 2.05) is 37.4 Å². The number of nitrogens with zero attached hydrogens (tertiary/aromatic N) is 1. The first-order chi connectivity index (χ1) is 10.1. The third kappa shape index (κ3) is 3.48. The van der Waals surface area contributed by atoms with Crippen LogP contribution in [-0.4, -0.2) is 25.5 Å². The van der Waals surface area contributed by atoms with Crippen LogP contribution in [0.2, 0.25) is 0 Å². The van der Waals surface area contributed by atoms with E-state index in [1.165, 1.54) is 0 Å². The van der Waals surface area contributed by atoms with Gasteiger partial charge in [0.05, 0.1) is 12.2 Å². The topological polar surface area (TPSA) is 53.4 Å². The molecule has 0 saturated carbocycles. The Morgan fingerprint density at radius 1 is 1.05 bits per heavy atom. The standard InChI is InChI=1S/C17H18N2O2/c1-3-21-17(20)14-11-9-13(10-12-14)16(18)19(2)15-7-5-4-6-8-15/h4-12,18H,3H2,1-2H3. The molecule has 0 radical (unpaired) electrons. The summed E-state index contributed by atoms with van der Waals surface area (Å²) in [5, 5.41) is 8.24. The molecule has 4 nitrogen and oxygen atoms in total. The number of hydrogen-bond donors (Lipinski definition) is 1. The molecule has 4 heteroatoms. The largest absolute Gasteiger partial charge is 0.462 e. The Morgan fingerprint density at radius 3 is 2.19 bits per heavy atom. The van der Waals surface area contributed by atoms with Crippen LogP contribution < -0.4 is 4.90 Å². The van der Waals surface area contributed by atoms with Gasteiger partial charge in [0.2, 0.25) is 0 Å². The number of benzene rings is 2. The first kappa shape index (κ1) is 14.8. The highest BCUT2D eigenvalue weighted by Gasteiger charge is 2.11. The zero-order chi connectivity index (χ0) is 15.2. The van der Waals surface area contributed by atoms with E-state index in [2.05, 4.69) is 0 Å². The summed E-state index contributed by atoms with van der Waals surface area (Å²) in [4.78, 5) is 13.4. The third-order valence-corrected chi connectivity index (χ3v) is 3.15. The molecule has 0 bridgehead atoms. The van der Waals surface area contributed by atoms with Gasteiger partial charge in [-0.05, 0) is 31.2 Å². The fourth-order valence-electron chi connectivity index (χ4n) is 1.95. The van der Waals surface area contributed by atoms with Crippen LogP contribution in [0.3, 0.4) is 0 Å². The normalized spacial score (nSPS) is 10.0. The lowest BCUT2D eigenvalue weighted by molar-refractivity contribution is 0.0526. The molecule has 21 heavy (non-hydrogen) atoms. The van der Waals surface area contributed by atoms with E-state index in [0.717, 1.165) is 11.3 Å². The lowest BCUT2D eigenvalue weighted by Gasteiger charge is -2.20. The number of ether oxygens (including phenoxy) is 1. The minimum absolute atomic E-state index is 0.341. The van der Waals surface area contributed by atoms with Crippen molar-refractivity contribution in [1.82, 2.24) is 0 Å². The molecule has 0 spiro atoms. The van der Waals surface area contributed by atoms with Gasteiger partial charge >= 0.3 is 5.97 Å². The van der Waals surface area contributed by atoms with Gasteiger partial charge in [0.25, 0.3) is 0 Å². The molecule has 2 rings (SSSR count). The average Bonchev–Trinajstić information content (AvgIpc) is 2.54. The first-order valence-corrected chi connectivity index (χ1v) is 6.78. The molecule has 0 unspecified atom stereocenters. The minimum Gasteiger partial charge on any atom is -0.462 e. The number of hydrogen-bond acceptors (Lipinski definition) is 3. The lowest BCUT2D eigenvalue weighted by Crippen LogP contribution is -2.26. The zero-order valence-corrected chi connectivity index (χ0v) is 12.2. The van der Waals surface area contributed by atoms with Gasteiger partial charge in [-0.2, -0.15) is 0 Å². The third-order valence-electron chi connectivity index (χ3n) is 3.15. The van der Waals surface area contributed by atoms with Gasteiger partial charge < -0.3 is 9.64 Å². The number of amidine groups is 1. The summed E-state index contributed by atoms with van der Waals surface area (Å²) in [5.41, 5.74) is 2.18. The molecule has 0 amide bonds. The van der Waals surface area contributed by atoms with Crippen molar-refractivity contribution in [3.8, 4) is 0 Å². The summed E-state index contributed by atoms with van der Waals surface area (Å²) in [5.74, 6) is 0.0311. The van der Waals surface area contributed by atoms with Gasteiger partial charge in [-0.3, -0.25) is 5.41 Å². The van der Waals surface area contributed by atoms with Crippen molar-refractivity contribution in [2.24, 2.45) is 0 Å². The molecule has 1 N–H and O–H groups in total. The summed E-state index contributed by atoms with van der Waals surface area (Å²) in [6.45, 7) is 2.13. The number of carbonyl (C=O) groups excluding carboxylic acids is 1. The van der Waals surface area contributed by atoms with E-state index < -0.39 is 0 Å². The molecule has 0 saturated heterocycles. The maximum Gasteiger partial charge on any atom is 0.338 e. The van der Waals surface area contributed by atoms with Crippen LogP contribution in [0.15, 0.2) is 54.6 Å². The Morgan fingerprint density at radius 2 is 1.62 bits per heavy atom. The van der Waals surface area contributed by atoms with E-state index in [9.17, 15) is 4.79 Å². The molecule has 108 valence electrons. The van der Waals surface area contributed by atoms with Crippen LogP contribution in [0.4, 0.5) is 5.69 Å². The van der Waals surface area contributed by atoms with Gasteiger partial charge in [-0.1, -0.05) is 30.3 Å². The second-order valence-electron chi connectivity index (χ2n) is 4.54. The monoisotopic (exact) mass is 282 g/mol. The molecule has 0 heterocycles. The molecular weight excluding hydrogens is 264 g/mol. The Bertz CT molecular complexity index is 621. The summed E-state index contributed by atoms with van der Waals surface area (Å²) in [6, 6.07) is 16.6. The van der Waals surface area contributed by atoms with E-state index in [1.54, 1.807) is 36.1 Å². The number of nitrogens with one attached hydrogen (secondary N) is 1. The Hall–Kier alpha value is -2.62. The SMILES string of the molecule is CCOC(=O)c1ccc(C(=N)N(C)c2ccccc2)cc1. The van der Waals surface area contributed by atoms with Crippen LogP contribution in [0, 0.1) is 5.41 Å². The molecule has 0 aliphatic rings. The van der Waals surface area contributed by atoms with Crippen LogP contribution in [-0.2, 0) is 4.74 Å². The van der Waals surface area contributed by atoms with Gasteiger partial charge in [0.1, 0.15) is 5.84 Å². The van der Waals surface area contributed by atoms with E-state index in [-0.39, 0.29) is 5.97 Å². The first-order valence-electron chi connectivity index (χ1n) is 6.78. The van der Waals surface area contributed by atoms with Crippen molar-refractivity contribution < 1.29 is 9.53 Å². The summed E-state index contributed by atoms with van der Waals surface area (Å²) >= 11 is 0. The Labute approximate surface area is 124 Å². The average molecular weight is 282 g/mol. The van der Waals surface area contributed by atoms with Crippen LogP contribution in [0.25, 0.3) is 0 Å². The molecular formula is C17H18N2O2. The highest BCUT2D eigenvalue weighted by atomic mass is 16.5.